The van der Waals surface area contributed by atoms with Gasteiger partial charge in [-0.15, -0.1) is 0 Å². The van der Waals surface area contributed by atoms with Crippen molar-refractivity contribution >= 4 is 12.1 Å². The summed E-state index contributed by atoms with van der Waals surface area (Å²) in [7, 11) is 0. The first-order chi connectivity index (χ1) is 12.5. The van der Waals surface area contributed by atoms with Crippen LogP contribution in [0.3, 0.4) is 0 Å². The van der Waals surface area contributed by atoms with Crippen molar-refractivity contribution in [3.05, 3.63) is 0 Å². The molecule has 1 rings (SSSR count). The molecule has 152 valence electrons. The van der Waals surface area contributed by atoms with Gasteiger partial charge < -0.3 is 4.79 Å². The standard InChI is InChI=1S/C24H44O2/c1-24(2,21-25)20-16-12-10-8-6-4-3-5-7-9-11-13-17-22-18-14-15-19-23(22)26/h21-22H,3-20H2,1-2H3. The van der Waals surface area contributed by atoms with Crippen molar-refractivity contribution in [2.45, 2.75) is 129 Å². The Morgan fingerprint density at radius 2 is 1.31 bits per heavy atom. The molecule has 1 aliphatic rings. The van der Waals surface area contributed by atoms with Crippen LogP contribution in [0, 0.1) is 11.3 Å². The minimum absolute atomic E-state index is 0.119. The van der Waals surface area contributed by atoms with E-state index in [1.54, 1.807) is 0 Å². The average Bonchev–Trinajstić information content (AvgIpc) is 2.63. The maximum atomic E-state index is 11.8. The molecule has 0 aromatic heterocycles. The van der Waals surface area contributed by atoms with Gasteiger partial charge in [-0.1, -0.05) is 97.3 Å². The number of hydrogen-bond donors (Lipinski definition) is 0. The SMILES string of the molecule is CC(C)(C=O)CCCCCCCCCCCCCCC1CCCCC1=O. The van der Waals surface area contributed by atoms with Gasteiger partial charge in [0.05, 0.1) is 0 Å². The Morgan fingerprint density at radius 1 is 0.808 bits per heavy atom. The minimum atomic E-state index is -0.119. The highest BCUT2D eigenvalue weighted by Gasteiger charge is 2.21. The van der Waals surface area contributed by atoms with E-state index >= 15 is 0 Å². The normalized spacial score (nSPS) is 18.2. The number of hydrogen-bond acceptors (Lipinski definition) is 2. The Kier molecular flexibility index (Phi) is 13.0. The molecule has 1 unspecified atom stereocenters. The van der Waals surface area contributed by atoms with E-state index in [0.717, 1.165) is 38.4 Å². The van der Waals surface area contributed by atoms with E-state index in [9.17, 15) is 9.59 Å². The zero-order valence-electron chi connectivity index (χ0n) is 17.7. The van der Waals surface area contributed by atoms with E-state index < -0.39 is 0 Å². The summed E-state index contributed by atoms with van der Waals surface area (Å²) < 4.78 is 0. The molecule has 1 aliphatic carbocycles. The molecule has 0 N–H and O–H groups in total. The van der Waals surface area contributed by atoms with Gasteiger partial charge in [-0.25, -0.2) is 0 Å². The van der Waals surface area contributed by atoms with Crippen LogP contribution in [0.1, 0.15) is 129 Å². The molecule has 1 saturated carbocycles. The Labute approximate surface area is 162 Å². The Hall–Kier alpha value is -0.660. The summed E-state index contributed by atoms with van der Waals surface area (Å²) in [4.78, 5) is 22.6. The van der Waals surface area contributed by atoms with Crippen LogP contribution in [0.5, 0.6) is 0 Å². The van der Waals surface area contributed by atoms with Crippen molar-refractivity contribution in [2.75, 3.05) is 0 Å². The lowest BCUT2D eigenvalue weighted by Crippen LogP contribution is -2.18. The number of ketones is 1. The van der Waals surface area contributed by atoms with Crippen LogP contribution in [-0.2, 0) is 9.59 Å². The topological polar surface area (TPSA) is 34.1 Å². The fraction of sp³-hybridized carbons (Fsp3) is 0.917. The fourth-order valence-electron chi connectivity index (χ4n) is 4.16. The molecular formula is C24H44O2. The molecule has 2 nitrogen and oxygen atoms in total. The fourth-order valence-corrected chi connectivity index (χ4v) is 4.16. The average molecular weight is 365 g/mol. The van der Waals surface area contributed by atoms with Crippen LogP contribution in [0.15, 0.2) is 0 Å². The van der Waals surface area contributed by atoms with Crippen LogP contribution < -0.4 is 0 Å². The van der Waals surface area contributed by atoms with Crippen molar-refractivity contribution in [3.8, 4) is 0 Å². The number of unbranched alkanes of at least 4 members (excludes halogenated alkanes) is 11. The van der Waals surface area contributed by atoms with E-state index in [1.807, 2.05) is 13.8 Å². The van der Waals surface area contributed by atoms with Crippen molar-refractivity contribution < 1.29 is 9.59 Å². The minimum Gasteiger partial charge on any atom is -0.303 e. The van der Waals surface area contributed by atoms with Crippen molar-refractivity contribution in [1.82, 2.24) is 0 Å². The molecule has 26 heavy (non-hydrogen) atoms. The van der Waals surface area contributed by atoms with E-state index in [1.165, 1.54) is 83.5 Å². The lowest BCUT2D eigenvalue weighted by atomic mass is 9.84. The molecular weight excluding hydrogens is 320 g/mol. The van der Waals surface area contributed by atoms with Crippen LogP contribution in [0.2, 0.25) is 0 Å². The number of carbonyl (C=O) groups is 2. The number of carbonyl (C=O) groups excluding carboxylic acids is 2. The van der Waals surface area contributed by atoms with Crippen LogP contribution in [0.4, 0.5) is 0 Å². The predicted molar refractivity (Wildman–Crippen MR) is 111 cm³/mol. The molecule has 0 aromatic rings. The summed E-state index contributed by atoms with van der Waals surface area (Å²) in [6.07, 6.45) is 23.7. The van der Waals surface area contributed by atoms with Gasteiger partial charge in [-0.05, 0) is 25.7 Å². The first-order valence-corrected chi connectivity index (χ1v) is 11.5. The molecule has 0 amide bonds. The van der Waals surface area contributed by atoms with Gasteiger partial charge in [0.2, 0.25) is 0 Å². The molecule has 0 radical (unpaired) electrons. The van der Waals surface area contributed by atoms with Crippen molar-refractivity contribution in [3.63, 3.8) is 0 Å². The highest BCUT2D eigenvalue weighted by molar-refractivity contribution is 5.81. The third-order valence-corrected chi connectivity index (χ3v) is 6.12. The third-order valence-electron chi connectivity index (χ3n) is 6.12. The maximum absolute atomic E-state index is 11.8. The molecule has 0 spiro atoms. The second kappa shape index (κ2) is 14.4. The molecule has 2 heteroatoms. The van der Waals surface area contributed by atoms with E-state index in [2.05, 4.69) is 0 Å². The summed E-state index contributed by atoms with van der Waals surface area (Å²) in [5.41, 5.74) is -0.119. The molecule has 0 heterocycles. The van der Waals surface area contributed by atoms with Crippen LogP contribution >= 0.6 is 0 Å². The first kappa shape index (κ1) is 23.4. The first-order valence-electron chi connectivity index (χ1n) is 11.5. The second-order valence-electron chi connectivity index (χ2n) is 9.30. The summed E-state index contributed by atoms with van der Waals surface area (Å²) in [6, 6.07) is 0. The van der Waals surface area contributed by atoms with Gasteiger partial charge in [0.15, 0.2) is 0 Å². The summed E-state index contributed by atoms with van der Waals surface area (Å²) in [5.74, 6) is 0.956. The monoisotopic (exact) mass is 364 g/mol. The largest absolute Gasteiger partial charge is 0.303 e. The number of rotatable bonds is 16. The lowest BCUT2D eigenvalue weighted by Gasteiger charge is -2.20. The van der Waals surface area contributed by atoms with Crippen molar-refractivity contribution in [2.24, 2.45) is 11.3 Å². The van der Waals surface area contributed by atoms with Gasteiger partial charge in [0, 0.05) is 17.8 Å². The highest BCUT2D eigenvalue weighted by atomic mass is 16.1. The van der Waals surface area contributed by atoms with Crippen LogP contribution in [-0.4, -0.2) is 12.1 Å². The maximum Gasteiger partial charge on any atom is 0.135 e. The molecule has 1 fully saturated rings. The smallest absolute Gasteiger partial charge is 0.135 e. The second-order valence-corrected chi connectivity index (χ2v) is 9.30. The van der Waals surface area contributed by atoms with Gasteiger partial charge in [-0.3, -0.25) is 4.79 Å². The van der Waals surface area contributed by atoms with E-state index in [-0.39, 0.29) is 5.41 Å². The van der Waals surface area contributed by atoms with Crippen molar-refractivity contribution in [1.29, 1.82) is 0 Å². The van der Waals surface area contributed by atoms with Gasteiger partial charge in [0.1, 0.15) is 12.1 Å². The van der Waals surface area contributed by atoms with E-state index in [4.69, 9.17) is 0 Å². The van der Waals surface area contributed by atoms with Gasteiger partial charge >= 0.3 is 0 Å². The van der Waals surface area contributed by atoms with E-state index in [0.29, 0.717) is 11.7 Å². The van der Waals surface area contributed by atoms with Crippen LogP contribution in [0.25, 0.3) is 0 Å². The highest BCUT2D eigenvalue weighted by Crippen LogP contribution is 2.25. The molecule has 0 aromatic carbocycles. The molecule has 1 atom stereocenters. The Balaban J connectivity index is 1.77. The molecule has 0 saturated heterocycles. The number of aldehydes is 1. The zero-order chi connectivity index (χ0) is 19.1. The molecule has 0 bridgehead atoms. The third kappa shape index (κ3) is 11.9. The number of Topliss-reactive ketones (excluding diaryl/α,β-unsaturated/α-hetero) is 1. The Bertz CT molecular complexity index is 372. The summed E-state index contributed by atoms with van der Waals surface area (Å²) in [5, 5.41) is 0. The predicted octanol–water partition coefficient (Wildman–Crippen LogP) is 7.43. The lowest BCUT2D eigenvalue weighted by molar-refractivity contribution is -0.124. The van der Waals surface area contributed by atoms with Gasteiger partial charge in [0.25, 0.3) is 0 Å². The summed E-state index contributed by atoms with van der Waals surface area (Å²) in [6.45, 7) is 4.07. The molecule has 0 aliphatic heterocycles. The quantitative estimate of drug-likeness (QED) is 0.211. The zero-order valence-corrected chi connectivity index (χ0v) is 17.7. The summed E-state index contributed by atoms with van der Waals surface area (Å²) >= 11 is 0. The van der Waals surface area contributed by atoms with Gasteiger partial charge in [-0.2, -0.15) is 0 Å². The Morgan fingerprint density at radius 3 is 1.81 bits per heavy atom.